The number of hydrogen-bond acceptors (Lipinski definition) is 6. The van der Waals surface area contributed by atoms with Crippen molar-refractivity contribution in [2.24, 2.45) is 0 Å². The van der Waals surface area contributed by atoms with Crippen LogP contribution in [0.5, 0.6) is 0 Å². The van der Waals surface area contributed by atoms with Gasteiger partial charge in [-0.2, -0.15) is 13.2 Å². The number of aromatic nitrogens is 4. The maximum Gasteiger partial charge on any atom is 0.419 e. The van der Waals surface area contributed by atoms with E-state index in [9.17, 15) is 22.4 Å². The van der Waals surface area contributed by atoms with Crippen molar-refractivity contribution in [1.82, 2.24) is 30.4 Å². The zero-order valence-corrected chi connectivity index (χ0v) is 20.7. The van der Waals surface area contributed by atoms with Crippen LogP contribution < -0.4 is 15.5 Å². The first kappa shape index (κ1) is 25.1. The molecule has 2 aromatic carbocycles. The van der Waals surface area contributed by atoms with Gasteiger partial charge in [0.1, 0.15) is 24.0 Å². The van der Waals surface area contributed by atoms with E-state index in [2.05, 4.69) is 41.6 Å². The number of anilines is 1. The fraction of sp³-hybridized carbons (Fsp3) is 0.250. The molecule has 1 aliphatic rings. The van der Waals surface area contributed by atoms with Crippen LogP contribution in [0.25, 0.3) is 16.7 Å². The van der Waals surface area contributed by atoms with E-state index in [1.165, 1.54) is 17.2 Å². The Hall–Kier alpha value is -3.58. The lowest BCUT2D eigenvalue weighted by Gasteiger charge is -2.33. The molecule has 13 heteroatoms. The Bertz CT molecular complexity index is 1440. The van der Waals surface area contributed by atoms with E-state index in [1.54, 1.807) is 0 Å². The first-order valence-corrected chi connectivity index (χ1v) is 12.1. The Balaban J connectivity index is 1.34. The number of amides is 1. The summed E-state index contributed by atoms with van der Waals surface area (Å²) in [6, 6.07) is 9.75. The molecule has 192 valence electrons. The third-order valence-electron chi connectivity index (χ3n) is 5.99. The lowest BCUT2D eigenvalue weighted by Crippen LogP contribution is -2.57. The molecule has 3 heterocycles. The Morgan fingerprint density at radius 2 is 1.95 bits per heavy atom. The molecule has 4 aromatic rings. The highest BCUT2D eigenvalue weighted by Crippen LogP contribution is 2.32. The van der Waals surface area contributed by atoms with Gasteiger partial charge < -0.3 is 15.5 Å². The van der Waals surface area contributed by atoms with E-state index < -0.39 is 23.6 Å². The fourth-order valence-electron chi connectivity index (χ4n) is 4.12. The predicted molar refractivity (Wildman–Crippen MR) is 132 cm³/mol. The minimum absolute atomic E-state index is 0.111. The number of nitrogens with one attached hydrogen (secondary N) is 2. The average molecular weight is 578 g/mol. The van der Waals surface area contributed by atoms with Crippen LogP contribution in [0.4, 0.5) is 23.4 Å². The molecule has 0 aliphatic carbocycles. The molecule has 37 heavy (non-hydrogen) atoms. The lowest BCUT2D eigenvalue weighted by atomic mass is 10.1. The average Bonchev–Trinajstić information content (AvgIpc) is 3.32. The normalized spacial score (nSPS) is 16.2. The number of carbonyl (C=O) groups excluding carboxylic acids is 1. The van der Waals surface area contributed by atoms with Crippen LogP contribution in [0.2, 0.25) is 0 Å². The first-order chi connectivity index (χ1) is 17.7. The van der Waals surface area contributed by atoms with Crippen molar-refractivity contribution < 1.29 is 22.4 Å². The topological polar surface area (TPSA) is 88.0 Å². The number of alkyl halides is 3. The third kappa shape index (κ3) is 5.42. The summed E-state index contributed by atoms with van der Waals surface area (Å²) in [4.78, 5) is 23.3. The van der Waals surface area contributed by atoms with Gasteiger partial charge in [-0.05, 0) is 29.8 Å². The van der Waals surface area contributed by atoms with Gasteiger partial charge in [0, 0.05) is 42.9 Å². The van der Waals surface area contributed by atoms with Gasteiger partial charge in [-0.25, -0.2) is 19.0 Å². The Kier molecular flexibility index (Phi) is 6.82. The summed E-state index contributed by atoms with van der Waals surface area (Å²) >= 11 is 3.38. The van der Waals surface area contributed by atoms with Gasteiger partial charge in [-0.1, -0.05) is 28.1 Å². The largest absolute Gasteiger partial charge is 0.419 e. The number of nitrogens with zero attached hydrogens (tertiary/aromatic N) is 5. The van der Waals surface area contributed by atoms with Crippen molar-refractivity contribution in [3.05, 3.63) is 76.4 Å². The summed E-state index contributed by atoms with van der Waals surface area (Å²) in [7, 11) is 0. The van der Waals surface area contributed by atoms with Gasteiger partial charge in [-0.15, -0.1) is 5.10 Å². The van der Waals surface area contributed by atoms with Gasteiger partial charge >= 0.3 is 6.18 Å². The molecule has 0 radical (unpaired) electrons. The van der Waals surface area contributed by atoms with Gasteiger partial charge in [0.15, 0.2) is 5.65 Å². The Labute approximate surface area is 216 Å². The van der Waals surface area contributed by atoms with E-state index in [-0.39, 0.29) is 11.6 Å². The highest BCUT2D eigenvalue weighted by Gasteiger charge is 2.34. The van der Waals surface area contributed by atoms with Crippen LogP contribution in [0, 0.1) is 5.82 Å². The third-order valence-corrected chi connectivity index (χ3v) is 6.52. The number of fused-ring (bicyclic) bond motifs is 1. The molecule has 1 atom stereocenters. The molecule has 0 unspecified atom stereocenters. The van der Waals surface area contributed by atoms with Crippen molar-refractivity contribution in [3.8, 4) is 5.69 Å². The number of hydrogen-bond donors (Lipinski definition) is 2. The molecular weight excluding hydrogens is 558 g/mol. The lowest BCUT2D eigenvalue weighted by molar-refractivity contribution is -0.140. The predicted octanol–water partition coefficient (Wildman–Crippen LogP) is 3.83. The highest BCUT2D eigenvalue weighted by atomic mass is 79.9. The van der Waals surface area contributed by atoms with E-state index >= 15 is 0 Å². The van der Waals surface area contributed by atoms with Crippen LogP contribution >= 0.6 is 15.9 Å². The SMILES string of the molecule is O=C(NCc1ccc(Br)cc1)[C@@H]1CN(c2ncnc3nn(-c4ccc(C(F)(F)F)c(F)c4)cc23)CCN1. The summed E-state index contributed by atoms with van der Waals surface area (Å²) in [6.07, 6.45) is -1.93. The fourth-order valence-corrected chi connectivity index (χ4v) is 4.38. The first-order valence-electron chi connectivity index (χ1n) is 11.3. The summed E-state index contributed by atoms with van der Waals surface area (Å²) in [6.45, 7) is 1.81. The minimum atomic E-state index is -4.79. The summed E-state index contributed by atoms with van der Waals surface area (Å²) in [5.74, 6) is -1.03. The monoisotopic (exact) mass is 577 g/mol. The van der Waals surface area contributed by atoms with Gasteiger partial charge in [0.25, 0.3) is 0 Å². The van der Waals surface area contributed by atoms with Crippen molar-refractivity contribution in [2.45, 2.75) is 18.8 Å². The number of benzene rings is 2. The number of carbonyl (C=O) groups is 1. The summed E-state index contributed by atoms with van der Waals surface area (Å²) in [5, 5.41) is 11.0. The molecular formula is C24H20BrF4N7O. The van der Waals surface area contributed by atoms with Gasteiger partial charge in [0.05, 0.1) is 16.6 Å². The Morgan fingerprint density at radius 1 is 1.16 bits per heavy atom. The zero-order valence-electron chi connectivity index (χ0n) is 19.1. The van der Waals surface area contributed by atoms with Crippen LogP contribution in [-0.2, 0) is 17.5 Å². The molecule has 2 aromatic heterocycles. The van der Waals surface area contributed by atoms with Crippen molar-refractivity contribution in [1.29, 1.82) is 0 Å². The standard InChI is InChI=1S/C24H20BrF4N7O/c25-15-3-1-14(2-4-15)10-31-23(37)20-12-35(8-7-30-20)22-17-11-36(34-21(17)32-13-33-22)16-5-6-18(19(26)9-16)24(27,28)29/h1-6,9,11,13,20,30H,7-8,10,12H2,(H,31,37)/t20-/m0/s1. The molecule has 1 aliphatic heterocycles. The zero-order chi connectivity index (χ0) is 26.2. The molecule has 5 rings (SSSR count). The van der Waals surface area contributed by atoms with Crippen molar-refractivity contribution >= 4 is 38.7 Å². The second-order valence-corrected chi connectivity index (χ2v) is 9.38. The second-order valence-electron chi connectivity index (χ2n) is 8.47. The van der Waals surface area contributed by atoms with Crippen molar-refractivity contribution in [2.75, 3.05) is 24.5 Å². The molecule has 2 N–H and O–H groups in total. The molecule has 0 spiro atoms. The Morgan fingerprint density at radius 3 is 2.68 bits per heavy atom. The molecule has 0 bridgehead atoms. The van der Waals surface area contributed by atoms with E-state index in [0.717, 1.165) is 22.2 Å². The second kappa shape index (κ2) is 10.1. The number of piperazine rings is 1. The summed E-state index contributed by atoms with van der Waals surface area (Å²) in [5.41, 5.74) is 0.0209. The van der Waals surface area contributed by atoms with Crippen LogP contribution in [-0.4, -0.2) is 51.3 Å². The number of halogens is 5. The molecule has 1 amide bonds. The minimum Gasteiger partial charge on any atom is -0.353 e. The smallest absolute Gasteiger partial charge is 0.353 e. The maximum atomic E-state index is 14.1. The molecule has 1 fully saturated rings. The van der Waals surface area contributed by atoms with E-state index in [0.29, 0.717) is 49.1 Å². The molecule has 1 saturated heterocycles. The van der Waals surface area contributed by atoms with Crippen LogP contribution in [0.15, 0.2) is 59.5 Å². The quantitative estimate of drug-likeness (QED) is 0.351. The van der Waals surface area contributed by atoms with Crippen molar-refractivity contribution in [3.63, 3.8) is 0 Å². The van der Waals surface area contributed by atoms with Crippen LogP contribution in [0.3, 0.4) is 0 Å². The van der Waals surface area contributed by atoms with E-state index in [4.69, 9.17) is 0 Å². The molecule has 8 nitrogen and oxygen atoms in total. The molecule has 0 saturated carbocycles. The van der Waals surface area contributed by atoms with E-state index in [1.807, 2.05) is 29.2 Å². The van der Waals surface area contributed by atoms with Gasteiger partial charge in [0.2, 0.25) is 5.91 Å². The number of rotatable bonds is 5. The highest BCUT2D eigenvalue weighted by molar-refractivity contribution is 9.10. The maximum absolute atomic E-state index is 14.1. The summed E-state index contributed by atoms with van der Waals surface area (Å²) < 4.78 is 55.1. The van der Waals surface area contributed by atoms with Crippen LogP contribution in [0.1, 0.15) is 11.1 Å². The van der Waals surface area contributed by atoms with Gasteiger partial charge in [-0.3, -0.25) is 4.79 Å².